The minimum absolute atomic E-state index is 0.0110. The van der Waals surface area contributed by atoms with E-state index in [-0.39, 0.29) is 11.7 Å². The smallest absolute Gasteiger partial charge is 0.279 e. The summed E-state index contributed by atoms with van der Waals surface area (Å²) in [5, 5.41) is 7.43. The molecule has 0 aliphatic heterocycles. The Morgan fingerprint density at radius 1 is 1.22 bits per heavy atom. The highest BCUT2D eigenvalue weighted by atomic mass is 19.1. The molecule has 0 bridgehead atoms. The first-order chi connectivity index (χ1) is 12.9. The summed E-state index contributed by atoms with van der Waals surface area (Å²) in [6, 6.07) is 7.12. The fourth-order valence-corrected chi connectivity index (χ4v) is 4.07. The lowest BCUT2D eigenvalue weighted by atomic mass is 9.93. The van der Waals surface area contributed by atoms with Gasteiger partial charge in [-0.1, -0.05) is 18.6 Å². The number of amides is 1. The normalized spacial score (nSPS) is 16.3. The van der Waals surface area contributed by atoms with Crippen LogP contribution in [0, 0.1) is 19.7 Å². The van der Waals surface area contributed by atoms with E-state index >= 15 is 0 Å². The van der Waals surface area contributed by atoms with Gasteiger partial charge in [0.05, 0.1) is 23.1 Å². The van der Waals surface area contributed by atoms with Crippen molar-refractivity contribution in [2.45, 2.75) is 58.5 Å². The molecule has 0 saturated heterocycles. The van der Waals surface area contributed by atoms with Crippen molar-refractivity contribution in [2.75, 3.05) is 11.9 Å². The highest BCUT2D eigenvalue weighted by Crippen LogP contribution is 2.18. The summed E-state index contributed by atoms with van der Waals surface area (Å²) in [7, 11) is 1.88. The van der Waals surface area contributed by atoms with Crippen molar-refractivity contribution in [3.8, 4) is 0 Å². The van der Waals surface area contributed by atoms with Gasteiger partial charge in [-0.2, -0.15) is 5.10 Å². The standard InChI is InChI=1S/C21H29FN4O/c1-15-21(16(2)25(3)24-15)23-20(27)14-26(19-7-5-4-6-8-19)13-17-9-11-18(22)12-10-17/h9-12,19H,4-8,13-14H2,1-3H3,(H,23,27)/p+1. The molecular weight excluding hydrogens is 343 g/mol. The lowest BCUT2D eigenvalue weighted by Gasteiger charge is -2.31. The first-order valence-corrected chi connectivity index (χ1v) is 9.83. The molecule has 27 heavy (non-hydrogen) atoms. The third-order valence-electron chi connectivity index (χ3n) is 5.69. The number of quaternary nitrogens is 1. The van der Waals surface area contributed by atoms with Gasteiger partial charge in [0.2, 0.25) is 0 Å². The molecule has 1 aromatic heterocycles. The van der Waals surface area contributed by atoms with Gasteiger partial charge in [-0.3, -0.25) is 9.48 Å². The van der Waals surface area contributed by atoms with Crippen LogP contribution in [0.4, 0.5) is 10.1 Å². The minimum atomic E-state index is -0.224. The van der Waals surface area contributed by atoms with E-state index in [0.717, 1.165) is 42.0 Å². The fraction of sp³-hybridized carbons (Fsp3) is 0.524. The summed E-state index contributed by atoms with van der Waals surface area (Å²) in [5.41, 5.74) is 3.67. The zero-order valence-electron chi connectivity index (χ0n) is 16.5. The maximum Gasteiger partial charge on any atom is 0.279 e. The molecule has 1 atom stereocenters. The Labute approximate surface area is 160 Å². The number of carbonyl (C=O) groups excluding carboxylic acids is 1. The van der Waals surface area contributed by atoms with Crippen molar-refractivity contribution in [1.29, 1.82) is 0 Å². The van der Waals surface area contributed by atoms with E-state index in [2.05, 4.69) is 10.4 Å². The predicted octanol–water partition coefficient (Wildman–Crippen LogP) is 2.53. The zero-order chi connectivity index (χ0) is 19.4. The first kappa shape index (κ1) is 19.5. The maximum atomic E-state index is 13.2. The van der Waals surface area contributed by atoms with Gasteiger partial charge < -0.3 is 10.2 Å². The lowest BCUT2D eigenvalue weighted by molar-refractivity contribution is -0.932. The van der Waals surface area contributed by atoms with Crippen LogP contribution in [0.1, 0.15) is 49.1 Å². The van der Waals surface area contributed by atoms with E-state index in [9.17, 15) is 9.18 Å². The number of hydrogen-bond acceptors (Lipinski definition) is 2. The van der Waals surface area contributed by atoms with Crippen molar-refractivity contribution in [3.63, 3.8) is 0 Å². The van der Waals surface area contributed by atoms with E-state index in [1.807, 2.05) is 33.0 Å². The van der Waals surface area contributed by atoms with Crippen LogP contribution in [0.5, 0.6) is 0 Å². The van der Waals surface area contributed by atoms with E-state index < -0.39 is 0 Å². The summed E-state index contributed by atoms with van der Waals surface area (Å²) in [4.78, 5) is 14.1. The highest BCUT2D eigenvalue weighted by molar-refractivity contribution is 5.92. The van der Waals surface area contributed by atoms with Gasteiger partial charge in [-0.15, -0.1) is 0 Å². The minimum Gasteiger partial charge on any atom is -0.321 e. The summed E-state index contributed by atoms with van der Waals surface area (Å²) < 4.78 is 15.0. The van der Waals surface area contributed by atoms with Crippen molar-refractivity contribution < 1.29 is 14.1 Å². The number of benzene rings is 1. The SMILES string of the molecule is Cc1nn(C)c(C)c1NC(=O)C[NH+](Cc1ccc(F)cc1)C1CCCCC1. The van der Waals surface area contributed by atoms with Gasteiger partial charge in [0.1, 0.15) is 12.4 Å². The van der Waals surface area contributed by atoms with Gasteiger partial charge >= 0.3 is 0 Å². The summed E-state index contributed by atoms with van der Waals surface area (Å²) in [6.45, 7) is 5.02. The Morgan fingerprint density at radius 3 is 2.48 bits per heavy atom. The van der Waals surface area contributed by atoms with E-state index in [1.165, 1.54) is 36.3 Å². The van der Waals surface area contributed by atoms with Crippen LogP contribution in [-0.2, 0) is 18.4 Å². The van der Waals surface area contributed by atoms with Gasteiger partial charge in [-0.05, 0) is 51.7 Å². The molecule has 2 aromatic rings. The average Bonchev–Trinajstić information content (AvgIpc) is 2.90. The molecule has 5 nitrogen and oxygen atoms in total. The third-order valence-corrected chi connectivity index (χ3v) is 5.69. The number of nitrogens with zero attached hydrogens (tertiary/aromatic N) is 2. The van der Waals surface area contributed by atoms with Crippen molar-refractivity contribution in [3.05, 3.63) is 47.0 Å². The molecule has 1 aromatic carbocycles. The molecule has 146 valence electrons. The van der Waals surface area contributed by atoms with E-state index in [0.29, 0.717) is 12.6 Å². The predicted molar refractivity (Wildman–Crippen MR) is 104 cm³/mol. The molecule has 1 fully saturated rings. The molecule has 1 amide bonds. The summed E-state index contributed by atoms with van der Waals surface area (Å²) in [5.74, 6) is -0.213. The second kappa shape index (κ2) is 8.65. The van der Waals surface area contributed by atoms with Crippen LogP contribution in [-0.4, -0.2) is 28.3 Å². The Morgan fingerprint density at radius 2 is 1.89 bits per heavy atom. The highest BCUT2D eigenvalue weighted by Gasteiger charge is 2.27. The van der Waals surface area contributed by atoms with Crippen molar-refractivity contribution in [2.24, 2.45) is 7.05 Å². The topological polar surface area (TPSA) is 51.4 Å². The number of anilines is 1. The molecular formula is C21H30FN4O+. The van der Waals surface area contributed by atoms with Gasteiger partial charge in [0.15, 0.2) is 6.54 Å². The van der Waals surface area contributed by atoms with E-state index in [1.54, 1.807) is 4.68 Å². The lowest BCUT2D eigenvalue weighted by Crippen LogP contribution is -3.15. The number of aromatic nitrogens is 2. The second-order valence-electron chi connectivity index (χ2n) is 7.69. The van der Waals surface area contributed by atoms with Gasteiger partial charge in [-0.25, -0.2) is 4.39 Å². The van der Waals surface area contributed by atoms with Crippen LogP contribution in [0.3, 0.4) is 0 Å². The first-order valence-electron chi connectivity index (χ1n) is 9.83. The van der Waals surface area contributed by atoms with Gasteiger partial charge in [0.25, 0.3) is 5.91 Å². The molecule has 6 heteroatoms. The number of aryl methyl sites for hydroxylation is 2. The Kier molecular flexibility index (Phi) is 6.26. The van der Waals surface area contributed by atoms with Crippen LogP contribution in [0.2, 0.25) is 0 Å². The van der Waals surface area contributed by atoms with E-state index in [4.69, 9.17) is 0 Å². The average molecular weight is 373 g/mol. The number of carbonyl (C=O) groups is 1. The summed E-state index contributed by atoms with van der Waals surface area (Å²) >= 11 is 0. The molecule has 1 heterocycles. The molecule has 1 saturated carbocycles. The summed E-state index contributed by atoms with van der Waals surface area (Å²) in [6.07, 6.45) is 6.02. The number of halogens is 1. The van der Waals surface area contributed by atoms with Crippen LogP contribution in [0.15, 0.2) is 24.3 Å². The van der Waals surface area contributed by atoms with Gasteiger partial charge in [0, 0.05) is 12.6 Å². The Balaban J connectivity index is 1.71. The third kappa shape index (κ3) is 4.95. The fourth-order valence-electron chi connectivity index (χ4n) is 4.07. The zero-order valence-corrected chi connectivity index (χ0v) is 16.5. The number of hydrogen-bond donors (Lipinski definition) is 2. The number of nitrogens with one attached hydrogen (secondary N) is 2. The molecule has 1 aliphatic rings. The Hall–Kier alpha value is -2.21. The quantitative estimate of drug-likeness (QED) is 0.818. The Bertz CT molecular complexity index is 778. The second-order valence-corrected chi connectivity index (χ2v) is 7.69. The van der Waals surface area contributed by atoms with Crippen molar-refractivity contribution >= 4 is 11.6 Å². The van der Waals surface area contributed by atoms with Crippen molar-refractivity contribution in [1.82, 2.24) is 9.78 Å². The molecule has 1 unspecified atom stereocenters. The largest absolute Gasteiger partial charge is 0.321 e. The molecule has 0 radical (unpaired) electrons. The monoisotopic (exact) mass is 373 g/mol. The van der Waals surface area contributed by atoms with Crippen LogP contribution < -0.4 is 10.2 Å². The molecule has 3 rings (SSSR count). The van der Waals surface area contributed by atoms with Crippen LogP contribution >= 0.6 is 0 Å². The maximum absolute atomic E-state index is 13.2. The molecule has 1 aliphatic carbocycles. The number of rotatable bonds is 6. The molecule has 2 N–H and O–H groups in total. The van der Waals surface area contributed by atoms with Crippen LogP contribution in [0.25, 0.3) is 0 Å². The molecule has 0 spiro atoms.